The first kappa shape index (κ1) is 14.3. The van der Waals surface area contributed by atoms with Crippen molar-refractivity contribution in [3.8, 4) is 0 Å². The van der Waals surface area contributed by atoms with Gasteiger partial charge in [0.15, 0.2) is 0 Å². The molecule has 0 saturated carbocycles. The summed E-state index contributed by atoms with van der Waals surface area (Å²) in [7, 11) is 0. The minimum atomic E-state index is 0.230. The quantitative estimate of drug-likeness (QED) is 0.646. The number of thioether (sulfide) groups is 1. The third-order valence-electron chi connectivity index (χ3n) is 3.27. The maximum absolute atomic E-state index is 6.27. The van der Waals surface area contributed by atoms with Gasteiger partial charge in [-0.1, -0.05) is 38.5 Å². The highest BCUT2D eigenvalue weighted by molar-refractivity contribution is 8.00. The number of hydrogen-bond donors (Lipinski definition) is 1. The van der Waals surface area contributed by atoms with Crippen molar-refractivity contribution in [2.45, 2.75) is 49.4 Å². The van der Waals surface area contributed by atoms with E-state index >= 15 is 0 Å². The van der Waals surface area contributed by atoms with Gasteiger partial charge < -0.3 is 5.73 Å². The zero-order valence-corrected chi connectivity index (χ0v) is 12.4. The molecule has 0 bridgehead atoms. The molecule has 1 aromatic carbocycles. The van der Waals surface area contributed by atoms with E-state index in [1.165, 1.54) is 0 Å². The predicted octanol–water partition coefficient (Wildman–Crippen LogP) is 3.63. The van der Waals surface area contributed by atoms with Crippen molar-refractivity contribution < 1.29 is 0 Å². The summed E-state index contributed by atoms with van der Waals surface area (Å²) in [6, 6.07) is 8.37. The molecule has 0 aliphatic carbocycles. The van der Waals surface area contributed by atoms with Crippen LogP contribution in [0, 0.1) is 0 Å². The number of fused-ring (bicyclic) bond motifs is 1. The normalized spacial score (nSPS) is 14.5. The zero-order valence-electron chi connectivity index (χ0n) is 11.5. The predicted molar refractivity (Wildman–Crippen MR) is 82.4 cm³/mol. The standard InChI is InChI=1S/C15H21N3S/c1-3-7-12(16)14(4-2)19-15-11-8-5-6-9-13(11)17-10-18-15/h5-6,8-10,12,14H,3-4,7,16H2,1-2H3. The Labute approximate surface area is 119 Å². The molecule has 2 unspecified atom stereocenters. The number of nitrogens with zero attached hydrogens (tertiary/aromatic N) is 2. The van der Waals surface area contributed by atoms with E-state index in [-0.39, 0.29) is 6.04 Å². The van der Waals surface area contributed by atoms with Gasteiger partial charge in [0.1, 0.15) is 11.4 Å². The molecule has 0 spiro atoms. The lowest BCUT2D eigenvalue weighted by atomic mass is 10.1. The Morgan fingerprint density at radius 2 is 2.00 bits per heavy atom. The second kappa shape index (κ2) is 6.87. The molecule has 102 valence electrons. The molecule has 19 heavy (non-hydrogen) atoms. The van der Waals surface area contributed by atoms with Gasteiger partial charge in [0.25, 0.3) is 0 Å². The molecule has 3 nitrogen and oxygen atoms in total. The lowest BCUT2D eigenvalue weighted by Gasteiger charge is -2.21. The molecule has 4 heteroatoms. The molecule has 0 aliphatic rings. The van der Waals surface area contributed by atoms with Gasteiger partial charge >= 0.3 is 0 Å². The molecule has 2 atom stereocenters. The summed E-state index contributed by atoms with van der Waals surface area (Å²) in [5, 5.41) is 2.58. The van der Waals surface area contributed by atoms with E-state index in [0.717, 1.165) is 35.2 Å². The lowest BCUT2D eigenvalue weighted by molar-refractivity contribution is 0.566. The topological polar surface area (TPSA) is 51.8 Å². The molecule has 0 radical (unpaired) electrons. The monoisotopic (exact) mass is 275 g/mol. The average molecular weight is 275 g/mol. The van der Waals surface area contributed by atoms with Gasteiger partial charge in [-0.15, -0.1) is 11.8 Å². The van der Waals surface area contributed by atoms with Crippen LogP contribution in [0.5, 0.6) is 0 Å². The van der Waals surface area contributed by atoms with Crippen molar-refractivity contribution in [2.24, 2.45) is 5.73 Å². The molecule has 0 saturated heterocycles. The Bertz CT molecular complexity index is 524. The van der Waals surface area contributed by atoms with Crippen molar-refractivity contribution in [3.05, 3.63) is 30.6 Å². The van der Waals surface area contributed by atoms with Crippen LogP contribution in [0.15, 0.2) is 35.6 Å². The van der Waals surface area contributed by atoms with Crippen molar-refractivity contribution in [3.63, 3.8) is 0 Å². The first-order chi connectivity index (χ1) is 9.26. The molecule has 2 N–H and O–H groups in total. The van der Waals surface area contributed by atoms with E-state index < -0.39 is 0 Å². The second-order valence-corrected chi connectivity index (χ2v) is 5.94. The van der Waals surface area contributed by atoms with E-state index in [1.807, 2.05) is 18.2 Å². The Morgan fingerprint density at radius 3 is 2.74 bits per heavy atom. The maximum Gasteiger partial charge on any atom is 0.117 e. The van der Waals surface area contributed by atoms with Crippen LogP contribution in [0.2, 0.25) is 0 Å². The second-order valence-electron chi connectivity index (χ2n) is 4.71. The summed E-state index contributed by atoms with van der Waals surface area (Å²) in [5.74, 6) is 0. The Balaban J connectivity index is 2.24. The van der Waals surface area contributed by atoms with Crippen LogP contribution < -0.4 is 5.73 Å². The molecule has 1 heterocycles. The van der Waals surface area contributed by atoms with Crippen LogP contribution >= 0.6 is 11.8 Å². The minimum Gasteiger partial charge on any atom is -0.327 e. The first-order valence-corrected chi connectivity index (χ1v) is 7.76. The van der Waals surface area contributed by atoms with Crippen LogP contribution in [0.3, 0.4) is 0 Å². The third-order valence-corrected chi connectivity index (χ3v) is 4.81. The van der Waals surface area contributed by atoms with Crippen LogP contribution in [-0.4, -0.2) is 21.3 Å². The average Bonchev–Trinajstić information content (AvgIpc) is 2.45. The number of aromatic nitrogens is 2. The molecule has 0 fully saturated rings. The summed E-state index contributed by atoms with van der Waals surface area (Å²) in [6.45, 7) is 4.37. The van der Waals surface area contributed by atoms with Gasteiger partial charge in [-0.25, -0.2) is 9.97 Å². The molecule has 2 aromatic rings. The number of hydrogen-bond acceptors (Lipinski definition) is 4. The molecular formula is C15H21N3S. The third kappa shape index (κ3) is 3.45. The van der Waals surface area contributed by atoms with E-state index in [9.17, 15) is 0 Å². The fourth-order valence-electron chi connectivity index (χ4n) is 2.21. The highest BCUT2D eigenvalue weighted by atomic mass is 32.2. The van der Waals surface area contributed by atoms with Gasteiger partial charge in [0.05, 0.1) is 5.52 Å². The number of benzene rings is 1. The molecule has 0 amide bonds. The van der Waals surface area contributed by atoms with E-state index in [2.05, 4.69) is 29.9 Å². The summed E-state index contributed by atoms with van der Waals surface area (Å²) in [6.07, 6.45) is 4.89. The van der Waals surface area contributed by atoms with E-state index in [0.29, 0.717) is 5.25 Å². The van der Waals surface area contributed by atoms with E-state index in [4.69, 9.17) is 5.73 Å². The van der Waals surface area contributed by atoms with Crippen LogP contribution in [0.1, 0.15) is 33.1 Å². The van der Waals surface area contributed by atoms with Gasteiger partial charge in [-0.3, -0.25) is 0 Å². The summed E-state index contributed by atoms with van der Waals surface area (Å²) < 4.78 is 0. The smallest absolute Gasteiger partial charge is 0.117 e. The first-order valence-electron chi connectivity index (χ1n) is 6.88. The SMILES string of the molecule is CCCC(N)C(CC)Sc1ncnc2ccccc12. The van der Waals surface area contributed by atoms with Crippen molar-refractivity contribution in [1.29, 1.82) is 0 Å². The van der Waals surface area contributed by atoms with Gasteiger partial charge in [-0.2, -0.15) is 0 Å². The van der Waals surface area contributed by atoms with E-state index in [1.54, 1.807) is 18.1 Å². The van der Waals surface area contributed by atoms with Gasteiger partial charge in [0, 0.05) is 16.7 Å². The van der Waals surface area contributed by atoms with Gasteiger partial charge in [0.2, 0.25) is 0 Å². The minimum absolute atomic E-state index is 0.230. The summed E-state index contributed by atoms with van der Waals surface area (Å²) in [4.78, 5) is 8.73. The van der Waals surface area contributed by atoms with Crippen LogP contribution in [0.4, 0.5) is 0 Å². The summed E-state index contributed by atoms with van der Waals surface area (Å²) in [5.41, 5.74) is 7.27. The highest BCUT2D eigenvalue weighted by Crippen LogP contribution is 2.31. The number of para-hydroxylation sites is 1. The molecule has 2 rings (SSSR count). The Morgan fingerprint density at radius 1 is 1.21 bits per heavy atom. The fourth-order valence-corrected chi connectivity index (χ4v) is 3.38. The Hall–Kier alpha value is -1.13. The van der Waals surface area contributed by atoms with Gasteiger partial charge in [-0.05, 0) is 18.9 Å². The highest BCUT2D eigenvalue weighted by Gasteiger charge is 2.18. The lowest BCUT2D eigenvalue weighted by Crippen LogP contribution is -2.31. The summed E-state index contributed by atoms with van der Waals surface area (Å²) >= 11 is 1.79. The van der Waals surface area contributed by atoms with Crippen LogP contribution in [0.25, 0.3) is 10.9 Å². The molecule has 0 aliphatic heterocycles. The van der Waals surface area contributed by atoms with Crippen LogP contribution in [-0.2, 0) is 0 Å². The van der Waals surface area contributed by atoms with Crippen molar-refractivity contribution in [2.75, 3.05) is 0 Å². The molecule has 1 aromatic heterocycles. The molecular weight excluding hydrogens is 254 g/mol. The van der Waals surface area contributed by atoms with Crippen molar-refractivity contribution in [1.82, 2.24) is 9.97 Å². The Kier molecular flexibility index (Phi) is 5.16. The largest absolute Gasteiger partial charge is 0.327 e. The zero-order chi connectivity index (χ0) is 13.7. The number of rotatable bonds is 6. The maximum atomic E-state index is 6.27. The number of nitrogens with two attached hydrogens (primary N) is 1. The van der Waals surface area contributed by atoms with Crippen molar-refractivity contribution >= 4 is 22.7 Å². The fraction of sp³-hybridized carbons (Fsp3) is 0.467.